The van der Waals surface area contributed by atoms with Crippen LogP contribution in [-0.2, 0) is 5.60 Å². The van der Waals surface area contributed by atoms with E-state index in [1.54, 1.807) is 0 Å². The van der Waals surface area contributed by atoms with Crippen LogP contribution in [0.25, 0.3) is 0 Å². The second-order valence-electron chi connectivity index (χ2n) is 4.47. The van der Waals surface area contributed by atoms with Gasteiger partial charge in [0.1, 0.15) is 0 Å². The van der Waals surface area contributed by atoms with Crippen molar-refractivity contribution in [2.24, 2.45) is 5.41 Å². The zero-order valence-electron chi connectivity index (χ0n) is 8.72. The van der Waals surface area contributed by atoms with Gasteiger partial charge in [0.15, 0.2) is 5.60 Å². The van der Waals surface area contributed by atoms with Crippen molar-refractivity contribution >= 4 is 11.3 Å². The first-order chi connectivity index (χ1) is 6.61. The van der Waals surface area contributed by atoms with Gasteiger partial charge in [-0.25, -0.2) is 0 Å². The molecule has 0 amide bonds. The quantitative estimate of drug-likeness (QED) is 0.793. The highest BCUT2D eigenvalue weighted by Gasteiger charge is 2.61. The molecule has 1 atom stereocenters. The number of hydrogen-bond acceptors (Lipinski definition) is 2. The van der Waals surface area contributed by atoms with E-state index in [0.717, 1.165) is 11.3 Å². The normalized spacial score (nSPS) is 17.5. The molecule has 1 aromatic heterocycles. The summed E-state index contributed by atoms with van der Waals surface area (Å²) in [5.74, 6) is 0. The fraction of sp³-hybridized carbons (Fsp3) is 0.600. The predicted molar refractivity (Wildman–Crippen MR) is 53.7 cm³/mol. The molecule has 0 saturated carbocycles. The lowest BCUT2D eigenvalue weighted by atomic mass is 9.72. The SMILES string of the molecule is CC(C)(C)C(O)(c1ccsc1)C(F)(F)F. The van der Waals surface area contributed by atoms with Crippen LogP contribution < -0.4 is 0 Å². The van der Waals surface area contributed by atoms with Crippen molar-refractivity contribution in [3.05, 3.63) is 22.4 Å². The van der Waals surface area contributed by atoms with E-state index in [1.807, 2.05) is 0 Å². The first-order valence-electron chi connectivity index (χ1n) is 4.42. The minimum absolute atomic E-state index is 0.0903. The fourth-order valence-corrected chi connectivity index (χ4v) is 2.19. The van der Waals surface area contributed by atoms with E-state index < -0.39 is 17.2 Å². The Bertz CT molecular complexity index is 307. The molecule has 1 rings (SSSR count). The molecule has 0 saturated heterocycles. The zero-order chi connectivity index (χ0) is 11.9. The van der Waals surface area contributed by atoms with Gasteiger partial charge >= 0.3 is 6.18 Å². The van der Waals surface area contributed by atoms with Gasteiger partial charge in [0.2, 0.25) is 0 Å². The molecule has 0 radical (unpaired) electrons. The fourth-order valence-electron chi connectivity index (χ4n) is 1.49. The number of thiophene rings is 1. The topological polar surface area (TPSA) is 20.2 Å². The Kier molecular flexibility index (Phi) is 2.91. The summed E-state index contributed by atoms with van der Waals surface area (Å²) in [5, 5.41) is 12.8. The van der Waals surface area contributed by atoms with Gasteiger partial charge in [-0.1, -0.05) is 20.8 Å². The van der Waals surface area contributed by atoms with Crippen molar-refractivity contribution in [1.29, 1.82) is 0 Å². The third-order valence-corrected chi connectivity index (χ3v) is 3.12. The molecule has 5 heteroatoms. The molecular formula is C10H13F3OS. The average Bonchev–Trinajstić information content (AvgIpc) is 2.49. The zero-order valence-corrected chi connectivity index (χ0v) is 9.54. The molecule has 86 valence electrons. The van der Waals surface area contributed by atoms with Gasteiger partial charge in [-0.3, -0.25) is 0 Å². The van der Waals surface area contributed by atoms with Crippen LogP contribution in [-0.4, -0.2) is 11.3 Å². The standard InChI is InChI=1S/C10H13F3OS/c1-8(2,3)9(14,10(11,12)13)7-4-5-15-6-7/h4-6,14H,1-3H3. The number of aliphatic hydroxyl groups is 1. The van der Waals surface area contributed by atoms with Crippen molar-refractivity contribution in [2.75, 3.05) is 0 Å². The molecule has 15 heavy (non-hydrogen) atoms. The Labute approximate surface area is 90.6 Å². The van der Waals surface area contributed by atoms with Crippen molar-refractivity contribution < 1.29 is 18.3 Å². The molecule has 1 unspecified atom stereocenters. The molecule has 0 aliphatic carbocycles. The van der Waals surface area contributed by atoms with Crippen LogP contribution in [0.1, 0.15) is 26.3 Å². The van der Waals surface area contributed by atoms with Crippen molar-refractivity contribution in [3.63, 3.8) is 0 Å². The van der Waals surface area contributed by atoms with Crippen LogP contribution in [0.15, 0.2) is 16.8 Å². The summed E-state index contributed by atoms with van der Waals surface area (Å²) in [6, 6.07) is 1.31. The molecule has 0 aliphatic heterocycles. The first kappa shape index (κ1) is 12.5. The summed E-state index contributed by atoms with van der Waals surface area (Å²) in [6.07, 6.45) is -4.67. The Morgan fingerprint density at radius 3 is 2.00 bits per heavy atom. The van der Waals surface area contributed by atoms with Crippen LogP contribution in [0.5, 0.6) is 0 Å². The van der Waals surface area contributed by atoms with E-state index in [2.05, 4.69) is 0 Å². The van der Waals surface area contributed by atoms with Gasteiger partial charge in [-0.15, -0.1) is 0 Å². The van der Waals surface area contributed by atoms with Crippen LogP contribution in [0.3, 0.4) is 0 Å². The van der Waals surface area contributed by atoms with Crippen LogP contribution in [0.4, 0.5) is 13.2 Å². The largest absolute Gasteiger partial charge is 0.421 e. The van der Waals surface area contributed by atoms with Crippen LogP contribution in [0.2, 0.25) is 0 Å². The Morgan fingerprint density at radius 2 is 1.73 bits per heavy atom. The molecular weight excluding hydrogens is 225 g/mol. The van der Waals surface area contributed by atoms with E-state index in [0.29, 0.717) is 0 Å². The van der Waals surface area contributed by atoms with Crippen LogP contribution >= 0.6 is 11.3 Å². The molecule has 1 nitrogen and oxygen atoms in total. The van der Waals surface area contributed by atoms with Gasteiger partial charge in [0.25, 0.3) is 0 Å². The second kappa shape index (κ2) is 3.49. The van der Waals surface area contributed by atoms with Crippen LogP contribution in [0, 0.1) is 5.41 Å². The molecule has 0 aliphatic rings. The molecule has 1 heterocycles. The second-order valence-corrected chi connectivity index (χ2v) is 5.25. The maximum atomic E-state index is 12.9. The monoisotopic (exact) mass is 238 g/mol. The highest BCUT2D eigenvalue weighted by atomic mass is 32.1. The Balaban J connectivity index is 3.33. The van der Waals surface area contributed by atoms with Crippen molar-refractivity contribution in [3.8, 4) is 0 Å². The Hall–Kier alpha value is -0.550. The van der Waals surface area contributed by atoms with E-state index in [1.165, 1.54) is 37.6 Å². The average molecular weight is 238 g/mol. The highest BCUT2D eigenvalue weighted by Crippen LogP contribution is 2.50. The van der Waals surface area contributed by atoms with Gasteiger partial charge in [0, 0.05) is 11.0 Å². The number of rotatable bonds is 1. The summed E-state index contributed by atoms with van der Waals surface area (Å²) in [5.41, 5.74) is -4.18. The maximum absolute atomic E-state index is 12.9. The smallest absolute Gasteiger partial charge is 0.376 e. The lowest BCUT2D eigenvalue weighted by Gasteiger charge is -2.41. The first-order valence-corrected chi connectivity index (χ1v) is 5.37. The molecule has 0 bridgehead atoms. The summed E-state index contributed by atoms with van der Waals surface area (Å²) >= 11 is 1.14. The molecule has 1 aromatic rings. The lowest BCUT2D eigenvalue weighted by Crippen LogP contribution is -2.51. The van der Waals surface area contributed by atoms with E-state index >= 15 is 0 Å². The number of halogens is 3. The van der Waals surface area contributed by atoms with Gasteiger partial charge < -0.3 is 5.11 Å². The highest BCUT2D eigenvalue weighted by molar-refractivity contribution is 7.08. The van der Waals surface area contributed by atoms with E-state index in [4.69, 9.17) is 0 Å². The summed E-state index contributed by atoms with van der Waals surface area (Å²) in [7, 11) is 0. The predicted octanol–water partition coefficient (Wildman–Crippen LogP) is 3.54. The third-order valence-electron chi connectivity index (χ3n) is 2.43. The summed E-state index contributed by atoms with van der Waals surface area (Å²) in [6.45, 7) is 4.12. The Morgan fingerprint density at radius 1 is 1.20 bits per heavy atom. The van der Waals surface area contributed by atoms with E-state index in [9.17, 15) is 18.3 Å². The summed E-state index contributed by atoms with van der Waals surface area (Å²) in [4.78, 5) is 0. The van der Waals surface area contributed by atoms with E-state index in [-0.39, 0.29) is 5.56 Å². The minimum Gasteiger partial charge on any atom is -0.376 e. The molecule has 0 fully saturated rings. The summed E-state index contributed by atoms with van der Waals surface area (Å²) < 4.78 is 38.8. The maximum Gasteiger partial charge on any atom is 0.421 e. The molecule has 0 aromatic carbocycles. The molecule has 1 N–H and O–H groups in total. The third kappa shape index (κ3) is 1.90. The van der Waals surface area contributed by atoms with Gasteiger partial charge in [-0.2, -0.15) is 24.5 Å². The lowest BCUT2D eigenvalue weighted by molar-refractivity contribution is -0.302. The van der Waals surface area contributed by atoms with Gasteiger partial charge in [-0.05, 0) is 16.8 Å². The van der Waals surface area contributed by atoms with Gasteiger partial charge in [0.05, 0.1) is 0 Å². The number of alkyl halides is 3. The molecule has 0 spiro atoms. The van der Waals surface area contributed by atoms with Crippen molar-refractivity contribution in [1.82, 2.24) is 0 Å². The van der Waals surface area contributed by atoms with Crippen molar-refractivity contribution in [2.45, 2.75) is 32.5 Å². The minimum atomic E-state index is -4.67. The number of hydrogen-bond donors (Lipinski definition) is 1.